The van der Waals surface area contributed by atoms with Gasteiger partial charge < -0.3 is 39.4 Å². The molecule has 9 heteroatoms. The lowest BCUT2D eigenvalue weighted by Gasteiger charge is -2.39. The van der Waals surface area contributed by atoms with E-state index in [-0.39, 0.29) is 28.4 Å². The third-order valence-corrected chi connectivity index (χ3v) is 5.00. The summed E-state index contributed by atoms with van der Waals surface area (Å²) in [7, 11) is 0. The second kappa shape index (κ2) is 8.06. The van der Waals surface area contributed by atoms with E-state index in [1.165, 1.54) is 12.1 Å². The fraction of sp³-hybridized carbons (Fsp3) is 0.526. The maximum atomic E-state index is 12.3. The second-order valence-corrected chi connectivity index (χ2v) is 6.95. The highest BCUT2D eigenvalue weighted by molar-refractivity contribution is 5.84. The second-order valence-electron chi connectivity index (χ2n) is 6.95. The molecular formula is C19H24O9. The summed E-state index contributed by atoms with van der Waals surface area (Å²) in [5, 5.41) is 49.2. The van der Waals surface area contributed by atoms with Crippen molar-refractivity contribution < 1.29 is 39.4 Å². The number of phenols is 1. The van der Waals surface area contributed by atoms with Crippen LogP contribution in [0.25, 0.3) is 11.0 Å². The SMILES string of the molecule is CCC(C)c1cc(=O)c2c(O)cc(OC3OC(CO)C(O)C(O)C3O)cc2o1. The molecule has 28 heavy (non-hydrogen) atoms. The molecule has 0 spiro atoms. The molecular weight excluding hydrogens is 372 g/mol. The highest BCUT2D eigenvalue weighted by Crippen LogP contribution is 2.32. The predicted molar refractivity (Wildman–Crippen MR) is 97.3 cm³/mol. The van der Waals surface area contributed by atoms with Crippen molar-refractivity contribution in [2.45, 2.75) is 56.9 Å². The largest absolute Gasteiger partial charge is 0.507 e. The van der Waals surface area contributed by atoms with E-state index in [1.807, 2.05) is 13.8 Å². The summed E-state index contributed by atoms with van der Waals surface area (Å²) in [6.45, 7) is 3.25. The Labute approximate surface area is 160 Å². The Hall–Kier alpha value is -2.17. The first kappa shape index (κ1) is 20.6. The van der Waals surface area contributed by atoms with Gasteiger partial charge >= 0.3 is 0 Å². The first-order valence-corrected chi connectivity index (χ1v) is 9.04. The molecule has 1 aliphatic rings. The van der Waals surface area contributed by atoms with Crippen LogP contribution in [0.1, 0.15) is 31.9 Å². The minimum absolute atomic E-state index is 0.00531. The Kier molecular flexibility index (Phi) is 5.92. The van der Waals surface area contributed by atoms with Gasteiger partial charge in [-0.3, -0.25) is 4.79 Å². The molecule has 6 unspecified atom stereocenters. The van der Waals surface area contributed by atoms with E-state index >= 15 is 0 Å². The predicted octanol–water partition coefficient (Wildman–Crippen LogP) is 0.191. The van der Waals surface area contributed by atoms with Gasteiger partial charge in [0.25, 0.3) is 0 Å². The molecule has 2 aromatic rings. The van der Waals surface area contributed by atoms with E-state index in [0.29, 0.717) is 5.76 Å². The van der Waals surface area contributed by atoms with Crippen LogP contribution in [0.3, 0.4) is 0 Å². The van der Waals surface area contributed by atoms with Crippen molar-refractivity contribution in [1.82, 2.24) is 0 Å². The van der Waals surface area contributed by atoms with E-state index < -0.39 is 42.7 Å². The topological polar surface area (TPSA) is 150 Å². The molecule has 0 saturated carbocycles. The van der Waals surface area contributed by atoms with Crippen molar-refractivity contribution in [2.75, 3.05) is 6.61 Å². The third-order valence-electron chi connectivity index (χ3n) is 5.00. The zero-order chi connectivity index (χ0) is 20.6. The van der Waals surface area contributed by atoms with Crippen LogP contribution in [0.2, 0.25) is 0 Å². The normalized spacial score (nSPS) is 29.0. The van der Waals surface area contributed by atoms with E-state index in [1.54, 1.807) is 0 Å². The van der Waals surface area contributed by atoms with Gasteiger partial charge in [0.2, 0.25) is 6.29 Å². The smallest absolute Gasteiger partial charge is 0.229 e. The molecule has 1 aromatic heterocycles. The van der Waals surface area contributed by atoms with Gasteiger partial charge in [-0.05, 0) is 6.42 Å². The number of fused-ring (bicyclic) bond motifs is 1. The number of hydrogen-bond donors (Lipinski definition) is 5. The van der Waals surface area contributed by atoms with Gasteiger partial charge in [0.05, 0.1) is 6.61 Å². The Morgan fingerprint density at radius 3 is 2.50 bits per heavy atom. The number of ether oxygens (including phenoxy) is 2. The molecule has 1 aliphatic heterocycles. The summed E-state index contributed by atoms with van der Waals surface area (Å²) in [4.78, 5) is 12.3. The molecule has 9 nitrogen and oxygen atoms in total. The van der Waals surface area contributed by atoms with Crippen LogP contribution in [-0.2, 0) is 4.74 Å². The number of hydrogen-bond acceptors (Lipinski definition) is 9. The van der Waals surface area contributed by atoms with Gasteiger partial charge in [0.1, 0.15) is 52.6 Å². The van der Waals surface area contributed by atoms with Gasteiger partial charge in [-0.1, -0.05) is 13.8 Å². The number of aromatic hydroxyl groups is 1. The summed E-state index contributed by atoms with van der Waals surface area (Å²) >= 11 is 0. The summed E-state index contributed by atoms with van der Waals surface area (Å²) in [6.07, 6.45) is -6.51. The number of rotatable bonds is 5. The maximum absolute atomic E-state index is 12.3. The third kappa shape index (κ3) is 3.71. The summed E-state index contributed by atoms with van der Waals surface area (Å²) in [6, 6.07) is 3.86. The van der Waals surface area contributed by atoms with Crippen molar-refractivity contribution in [2.24, 2.45) is 0 Å². The lowest BCUT2D eigenvalue weighted by atomic mass is 9.99. The number of benzene rings is 1. The molecule has 1 saturated heterocycles. The Bertz CT molecular complexity index is 891. The number of phenolic OH excluding ortho intramolecular Hbond substituents is 1. The Morgan fingerprint density at radius 1 is 1.14 bits per heavy atom. The van der Waals surface area contributed by atoms with Crippen LogP contribution < -0.4 is 10.2 Å². The van der Waals surface area contributed by atoms with Gasteiger partial charge in [-0.15, -0.1) is 0 Å². The molecule has 1 fully saturated rings. The molecule has 3 rings (SSSR count). The van der Waals surface area contributed by atoms with Crippen molar-refractivity contribution >= 4 is 11.0 Å². The van der Waals surface area contributed by atoms with Crippen LogP contribution in [0.5, 0.6) is 11.5 Å². The average Bonchev–Trinajstić information content (AvgIpc) is 2.67. The van der Waals surface area contributed by atoms with Gasteiger partial charge in [0.15, 0.2) is 5.43 Å². The lowest BCUT2D eigenvalue weighted by molar-refractivity contribution is -0.277. The van der Waals surface area contributed by atoms with Crippen molar-refractivity contribution in [1.29, 1.82) is 0 Å². The summed E-state index contributed by atoms with van der Waals surface area (Å²) in [5.74, 6) is 0.0963. The molecule has 0 bridgehead atoms. The molecule has 5 N–H and O–H groups in total. The molecule has 1 aromatic carbocycles. The molecule has 154 valence electrons. The average molecular weight is 396 g/mol. The van der Waals surface area contributed by atoms with E-state index in [0.717, 1.165) is 12.5 Å². The van der Waals surface area contributed by atoms with Crippen LogP contribution in [-0.4, -0.2) is 62.8 Å². The van der Waals surface area contributed by atoms with Crippen molar-refractivity contribution in [3.8, 4) is 11.5 Å². The van der Waals surface area contributed by atoms with E-state index in [2.05, 4.69) is 0 Å². The minimum Gasteiger partial charge on any atom is -0.507 e. The monoisotopic (exact) mass is 396 g/mol. The number of aliphatic hydroxyl groups excluding tert-OH is 4. The first-order chi connectivity index (χ1) is 13.3. The maximum Gasteiger partial charge on any atom is 0.229 e. The molecule has 0 aliphatic carbocycles. The highest BCUT2D eigenvalue weighted by Gasteiger charge is 2.44. The van der Waals surface area contributed by atoms with Crippen molar-refractivity contribution in [3.05, 3.63) is 34.2 Å². The first-order valence-electron chi connectivity index (χ1n) is 9.04. The quantitative estimate of drug-likeness (QED) is 0.477. The fourth-order valence-electron chi connectivity index (χ4n) is 3.07. The number of aliphatic hydroxyl groups is 4. The van der Waals surface area contributed by atoms with Crippen LogP contribution >= 0.6 is 0 Å². The van der Waals surface area contributed by atoms with Gasteiger partial charge in [-0.2, -0.15) is 0 Å². The summed E-state index contributed by atoms with van der Waals surface area (Å²) < 4.78 is 16.5. The van der Waals surface area contributed by atoms with Crippen LogP contribution in [0, 0.1) is 0 Å². The van der Waals surface area contributed by atoms with E-state index in [9.17, 15) is 30.3 Å². The Balaban J connectivity index is 1.96. The van der Waals surface area contributed by atoms with Gasteiger partial charge in [-0.25, -0.2) is 0 Å². The zero-order valence-corrected chi connectivity index (χ0v) is 15.5. The summed E-state index contributed by atoms with van der Waals surface area (Å²) in [5.41, 5.74) is -0.296. The molecule has 2 heterocycles. The Morgan fingerprint density at radius 2 is 1.86 bits per heavy atom. The lowest BCUT2D eigenvalue weighted by Crippen LogP contribution is -2.60. The molecule has 0 radical (unpaired) electrons. The van der Waals surface area contributed by atoms with Crippen LogP contribution in [0.4, 0.5) is 0 Å². The van der Waals surface area contributed by atoms with Crippen LogP contribution in [0.15, 0.2) is 27.4 Å². The fourth-order valence-corrected chi connectivity index (χ4v) is 3.07. The van der Waals surface area contributed by atoms with Gasteiger partial charge in [0, 0.05) is 24.1 Å². The molecule has 0 amide bonds. The van der Waals surface area contributed by atoms with Crippen molar-refractivity contribution in [3.63, 3.8) is 0 Å². The van der Waals surface area contributed by atoms with E-state index in [4.69, 9.17) is 13.9 Å². The zero-order valence-electron chi connectivity index (χ0n) is 15.5. The highest BCUT2D eigenvalue weighted by atomic mass is 16.7. The standard InChI is InChI=1S/C19H24O9/c1-3-8(2)12-6-11(22)15-10(21)4-9(5-13(15)27-12)26-19-18(25)17(24)16(23)14(7-20)28-19/h4-6,8,14,16-21,23-25H,3,7H2,1-2H3. The minimum atomic E-state index is -1.60. The molecule has 6 atom stereocenters.